The zero-order chi connectivity index (χ0) is 22.2. The van der Waals surface area contributed by atoms with E-state index in [1.807, 2.05) is 32.3 Å². The van der Waals surface area contributed by atoms with Crippen LogP contribution >= 0.6 is 0 Å². The van der Waals surface area contributed by atoms with Gasteiger partial charge < -0.3 is 9.84 Å². The van der Waals surface area contributed by atoms with Crippen molar-refractivity contribution in [3.05, 3.63) is 53.6 Å². The van der Waals surface area contributed by atoms with Crippen LogP contribution in [0.5, 0.6) is 11.5 Å². The lowest BCUT2D eigenvalue weighted by Crippen LogP contribution is -2.17. The zero-order valence-electron chi connectivity index (χ0n) is 18.7. The van der Waals surface area contributed by atoms with Gasteiger partial charge in [-0.1, -0.05) is 54.2 Å². The van der Waals surface area contributed by atoms with Crippen LogP contribution in [0.25, 0.3) is 16.7 Å². The second-order valence-corrected chi connectivity index (χ2v) is 10.1. The van der Waals surface area contributed by atoms with Crippen molar-refractivity contribution in [1.29, 1.82) is 0 Å². The van der Waals surface area contributed by atoms with E-state index in [-0.39, 0.29) is 16.6 Å². The number of aromatic nitrogens is 3. The van der Waals surface area contributed by atoms with Crippen LogP contribution in [-0.4, -0.2) is 25.1 Å². The third-order valence-corrected chi connectivity index (χ3v) is 5.42. The summed E-state index contributed by atoms with van der Waals surface area (Å²) in [6.45, 7) is 18.1. The molecule has 4 rings (SSSR count). The lowest BCUT2D eigenvalue weighted by molar-refractivity contribution is -0.130. The molecule has 0 spiro atoms. The Bertz CT molecular complexity index is 1290. The van der Waals surface area contributed by atoms with E-state index in [4.69, 9.17) is 4.74 Å². The van der Waals surface area contributed by atoms with Crippen molar-refractivity contribution in [1.82, 2.24) is 14.1 Å². The van der Waals surface area contributed by atoms with Gasteiger partial charge in [0.25, 0.3) is 0 Å². The van der Waals surface area contributed by atoms with Crippen molar-refractivity contribution in [2.75, 3.05) is 0 Å². The smallest absolute Gasteiger partial charge is 0.338 e. The highest BCUT2D eigenvalue weighted by Crippen LogP contribution is 2.41. The summed E-state index contributed by atoms with van der Waals surface area (Å²) in [6.07, 6.45) is 0. The van der Waals surface area contributed by atoms with E-state index in [9.17, 15) is 9.90 Å². The van der Waals surface area contributed by atoms with Crippen LogP contribution in [0.15, 0.2) is 42.5 Å². The fourth-order valence-electron chi connectivity index (χ4n) is 3.56. The summed E-state index contributed by atoms with van der Waals surface area (Å²) in [6, 6.07) is 9.65. The molecule has 2 heterocycles. The van der Waals surface area contributed by atoms with Crippen LogP contribution < -0.4 is 4.74 Å². The Morgan fingerprint density at radius 2 is 1.60 bits per heavy atom. The number of carbonyl (C=O) groups excluding carboxylic acids is 1. The van der Waals surface area contributed by atoms with Gasteiger partial charge in [-0.3, -0.25) is 0 Å². The second kappa shape index (κ2) is 6.17. The molecule has 0 bridgehead atoms. The minimum absolute atomic E-state index is 0.0566. The Balaban J connectivity index is 1.84. The number of hydrogen-bond acceptors (Lipinski definition) is 3. The quantitative estimate of drug-likeness (QED) is 0.288. The fourth-order valence-corrected chi connectivity index (χ4v) is 3.56. The maximum atomic E-state index is 11.8. The van der Waals surface area contributed by atoms with E-state index >= 15 is 0 Å². The number of hydrogen-bond donors (Lipinski definition) is 1. The van der Waals surface area contributed by atoms with Crippen LogP contribution in [0.1, 0.15) is 59.6 Å². The average Bonchev–Trinajstić information content (AvgIpc) is 3.26. The number of nitrogens with zero attached hydrogens (tertiary/aromatic N) is 3. The van der Waals surface area contributed by atoms with Gasteiger partial charge >= 0.3 is 5.97 Å². The fraction of sp³-hybridized carbons (Fsp3) is 0.375. The molecule has 0 aliphatic rings. The Kier molecular flexibility index (Phi) is 4.14. The summed E-state index contributed by atoms with van der Waals surface area (Å²) in [5.74, 6) is 0.306. The third-order valence-electron chi connectivity index (χ3n) is 5.42. The molecule has 0 radical (unpaired) electrons. The molecule has 0 fully saturated rings. The van der Waals surface area contributed by atoms with Crippen LogP contribution in [0.4, 0.5) is 0 Å². The van der Waals surface area contributed by atoms with Crippen molar-refractivity contribution >= 4 is 17.0 Å². The predicted octanol–water partition coefficient (Wildman–Crippen LogP) is 5.20. The first-order valence-electron chi connectivity index (χ1n) is 10.1. The van der Waals surface area contributed by atoms with Crippen LogP contribution in [0.2, 0.25) is 0 Å². The van der Waals surface area contributed by atoms with Crippen molar-refractivity contribution < 1.29 is 14.6 Å². The largest absolute Gasteiger partial charge is 0.505 e. The highest BCUT2D eigenvalue weighted by Gasteiger charge is 2.31. The van der Waals surface area contributed by atoms with Gasteiger partial charge in [0.05, 0.1) is 0 Å². The number of rotatable bonds is 3. The maximum Gasteiger partial charge on any atom is 0.338 e. The zero-order valence-corrected chi connectivity index (χ0v) is 18.7. The lowest BCUT2D eigenvalue weighted by atomic mass is 9.80. The van der Waals surface area contributed by atoms with E-state index < -0.39 is 5.97 Å². The third kappa shape index (κ3) is 3.07. The molecule has 0 aliphatic heterocycles. The van der Waals surface area contributed by atoms with Crippen LogP contribution in [-0.2, 0) is 15.6 Å². The molecular formula is C24H29N3O3. The van der Waals surface area contributed by atoms with Gasteiger partial charge in [0.1, 0.15) is 28.2 Å². The van der Waals surface area contributed by atoms with Gasteiger partial charge in [-0.2, -0.15) is 0 Å². The maximum absolute atomic E-state index is 11.8. The molecular weight excluding hydrogens is 378 g/mol. The van der Waals surface area contributed by atoms with Gasteiger partial charge in [0.15, 0.2) is 0 Å². The molecule has 30 heavy (non-hydrogen) atoms. The summed E-state index contributed by atoms with van der Waals surface area (Å²) in [7, 11) is 0. The van der Waals surface area contributed by atoms with Gasteiger partial charge in [0, 0.05) is 17.2 Å². The Morgan fingerprint density at radius 3 is 2.17 bits per heavy atom. The SMILES string of the molecule is C=C(C)C(=O)Oc1ccc2c(c1)n1n(-c3cc(C(C)(C)C)cc(C(C)(C)C)c3O)n21. The van der Waals surface area contributed by atoms with E-state index in [0.29, 0.717) is 11.3 Å². The molecule has 0 amide bonds. The number of aromatic hydroxyl groups is 1. The first kappa shape index (κ1) is 20.1. The summed E-state index contributed by atoms with van der Waals surface area (Å²) in [5, 5.41) is 11.1. The first-order chi connectivity index (χ1) is 13.8. The Labute approximate surface area is 176 Å². The first-order valence-corrected chi connectivity index (χ1v) is 10.1. The summed E-state index contributed by atoms with van der Waals surface area (Å²) >= 11 is 0. The Hall–Kier alpha value is -3.15. The van der Waals surface area contributed by atoms with Gasteiger partial charge in [-0.25, -0.2) is 4.79 Å². The van der Waals surface area contributed by atoms with Crippen LogP contribution in [0.3, 0.4) is 0 Å². The van der Waals surface area contributed by atoms with Crippen molar-refractivity contribution in [2.24, 2.45) is 0 Å². The summed E-state index contributed by atoms with van der Waals surface area (Å²) in [5.41, 5.74) is 4.82. The number of benzene rings is 2. The minimum atomic E-state index is -0.445. The molecule has 6 nitrogen and oxygen atoms in total. The molecule has 6 heteroatoms. The van der Waals surface area contributed by atoms with Crippen molar-refractivity contribution in [3.63, 3.8) is 0 Å². The lowest BCUT2D eigenvalue weighted by Gasteiger charge is -2.26. The average molecular weight is 408 g/mol. The van der Waals surface area contributed by atoms with Crippen LogP contribution in [0, 0.1) is 0 Å². The van der Waals surface area contributed by atoms with Gasteiger partial charge in [-0.05, 0) is 41.5 Å². The van der Waals surface area contributed by atoms with Gasteiger partial charge in [0.2, 0.25) is 0 Å². The highest BCUT2D eigenvalue weighted by molar-refractivity contribution is 5.90. The topological polar surface area (TPSA) is 60.3 Å². The molecule has 4 aromatic rings. The summed E-state index contributed by atoms with van der Waals surface area (Å²) in [4.78, 5) is 13.8. The Morgan fingerprint density at radius 1 is 0.967 bits per heavy atom. The number of phenols is 1. The van der Waals surface area contributed by atoms with E-state index in [2.05, 4.69) is 54.2 Å². The number of phenolic OH excluding ortho intramolecular Hbond substituents is 1. The normalized spacial score (nSPS) is 12.9. The van der Waals surface area contributed by atoms with E-state index in [1.54, 1.807) is 13.0 Å². The molecule has 0 aliphatic carbocycles. The molecule has 2 aromatic carbocycles. The van der Waals surface area contributed by atoms with E-state index in [1.165, 1.54) is 0 Å². The molecule has 0 unspecified atom stereocenters. The predicted molar refractivity (Wildman–Crippen MR) is 118 cm³/mol. The second-order valence-electron chi connectivity index (χ2n) is 10.1. The molecule has 158 valence electrons. The number of esters is 1. The summed E-state index contributed by atoms with van der Waals surface area (Å²) < 4.78 is 9.28. The highest BCUT2D eigenvalue weighted by atomic mass is 16.5. The van der Waals surface area contributed by atoms with Crippen molar-refractivity contribution in [2.45, 2.75) is 59.3 Å². The monoisotopic (exact) mass is 407 g/mol. The number of fused-ring (bicyclic) bond motifs is 4. The molecule has 0 saturated heterocycles. The molecule has 0 atom stereocenters. The molecule has 1 N–H and O–H groups in total. The molecule has 2 aromatic heterocycles. The number of carbonyl (C=O) groups is 1. The van der Waals surface area contributed by atoms with Gasteiger partial charge in [-0.15, -0.1) is 14.1 Å². The van der Waals surface area contributed by atoms with E-state index in [0.717, 1.165) is 27.8 Å². The minimum Gasteiger partial charge on any atom is -0.505 e. The standard InChI is InChI=1S/C24H29N3O3/c1-14(2)22(29)30-16-9-10-18-19(13-16)26-25(18)27(26)20-12-15(23(3,4)5)11-17(21(20)28)24(6,7)8/h9-13,28H,1H2,2-8H3. The molecule has 0 saturated carbocycles. The number of ether oxygens (including phenoxy) is 1. The van der Waals surface area contributed by atoms with Crippen molar-refractivity contribution in [3.8, 4) is 17.2 Å².